The number of rotatable bonds is 2. The molecule has 0 atom stereocenters. The molecule has 1 amide bonds. The van der Waals surface area contributed by atoms with E-state index in [1.165, 1.54) is 17.3 Å². The number of thioether (sulfide) groups is 1. The Labute approximate surface area is 134 Å². The second-order valence-electron chi connectivity index (χ2n) is 5.20. The standard InChI is InChI=1S/C17H18N2O2S/c1-13-5-7-14(8-6-13)3-2-4-15-16(20)18-17(22-15)19-9-11-21-12-10-19/h2-8H,9-12H2,1H3/b3-2+,15-4+. The first-order valence-electron chi connectivity index (χ1n) is 7.31. The fourth-order valence-electron chi connectivity index (χ4n) is 2.23. The van der Waals surface area contributed by atoms with Crippen LogP contribution >= 0.6 is 11.8 Å². The van der Waals surface area contributed by atoms with Crippen molar-refractivity contribution in [3.8, 4) is 0 Å². The summed E-state index contributed by atoms with van der Waals surface area (Å²) in [4.78, 5) is 18.9. The van der Waals surface area contributed by atoms with E-state index in [1.54, 1.807) is 0 Å². The summed E-state index contributed by atoms with van der Waals surface area (Å²) in [5, 5.41) is 0.795. The molecule has 2 heterocycles. The van der Waals surface area contributed by atoms with Crippen molar-refractivity contribution in [1.29, 1.82) is 0 Å². The van der Waals surface area contributed by atoms with Crippen molar-refractivity contribution in [2.75, 3.05) is 26.3 Å². The van der Waals surface area contributed by atoms with Gasteiger partial charge in [-0.15, -0.1) is 0 Å². The second kappa shape index (κ2) is 6.94. The summed E-state index contributed by atoms with van der Waals surface area (Å²) in [5.41, 5.74) is 2.35. The highest BCUT2D eigenvalue weighted by Crippen LogP contribution is 2.28. The molecule has 0 saturated carbocycles. The Morgan fingerprint density at radius 3 is 2.68 bits per heavy atom. The molecule has 1 aromatic carbocycles. The van der Waals surface area contributed by atoms with Gasteiger partial charge in [0, 0.05) is 13.1 Å². The van der Waals surface area contributed by atoms with Crippen LogP contribution in [-0.2, 0) is 9.53 Å². The maximum absolute atomic E-state index is 11.9. The van der Waals surface area contributed by atoms with Crippen molar-refractivity contribution in [2.24, 2.45) is 4.99 Å². The van der Waals surface area contributed by atoms with Gasteiger partial charge in [0.25, 0.3) is 5.91 Å². The quantitative estimate of drug-likeness (QED) is 0.787. The van der Waals surface area contributed by atoms with Crippen LogP contribution in [0.5, 0.6) is 0 Å². The number of benzene rings is 1. The summed E-state index contributed by atoms with van der Waals surface area (Å²) in [7, 11) is 0. The fraction of sp³-hybridized carbons (Fsp3) is 0.294. The molecule has 0 unspecified atom stereocenters. The monoisotopic (exact) mass is 314 g/mol. The smallest absolute Gasteiger partial charge is 0.286 e. The highest BCUT2D eigenvalue weighted by atomic mass is 32.2. The summed E-state index contributed by atoms with van der Waals surface area (Å²) < 4.78 is 5.32. The second-order valence-corrected chi connectivity index (χ2v) is 6.21. The van der Waals surface area contributed by atoms with Gasteiger partial charge in [0.05, 0.1) is 18.1 Å². The summed E-state index contributed by atoms with van der Waals surface area (Å²) in [5.74, 6) is -0.153. The van der Waals surface area contributed by atoms with Crippen molar-refractivity contribution < 1.29 is 9.53 Å². The Morgan fingerprint density at radius 2 is 1.95 bits per heavy atom. The van der Waals surface area contributed by atoms with Crippen LogP contribution in [0.15, 0.2) is 46.3 Å². The van der Waals surface area contributed by atoms with Crippen LogP contribution < -0.4 is 0 Å². The van der Waals surface area contributed by atoms with E-state index in [0.29, 0.717) is 18.1 Å². The number of nitrogens with zero attached hydrogens (tertiary/aromatic N) is 2. The number of aryl methyl sites for hydroxylation is 1. The molecule has 5 heteroatoms. The van der Waals surface area contributed by atoms with E-state index in [2.05, 4.69) is 41.1 Å². The Hall–Kier alpha value is -1.85. The van der Waals surface area contributed by atoms with Gasteiger partial charge in [-0.3, -0.25) is 4.79 Å². The van der Waals surface area contributed by atoms with Crippen LogP contribution in [-0.4, -0.2) is 42.3 Å². The van der Waals surface area contributed by atoms with Gasteiger partial charge in [0.1, 0.15) is 0 Å². The Morgan fingerprint density at radius 1 is 1.23 bits per heavy atom. The predicted molar refractivity (Wildman–Crippen MR) is 90.7 cm³/mol. The average Bonchev–Trinajstić information content (AvgIpc) is 2.91. The Kier molecular flexibility index (Phi) is 4.75. The molecule has 0 spiro atoms. The zero-order chi connectivity index (χ0) is 15.4. The molecule has 1 fully saturated rings. The average molecular weight is 314 g/mol. The number of allylic oxidation sites excluding steroid dienone is 2. The summed E-state index contributed by atoms with van der Waals surface area (Å²) in [6.45, 7) is 5.05. The molecule has 0 radical (unpaired) electrons. The number of ether oxygens (including phenoxy) is 1. The molecule has 3 rings (SSSR count). The lowest BCUT2D eigenvalue weighted by Gasteiger charge is -2.27. The highest BCUT2D eigenvalue weighted by Gasteiger charge is 2.26. The zero-order valence-electron chi connectivity index (χ0n) is 12.5. The summed E-state index contributed by atoms with van der Waals surface area (Å²) in [6.07, 6.45) is 5.74. The van der Waals surface area contributed by atoms with Gasteiger partial charge in [-0.25, -0.2) is 0 Å². The molecule has 2 aliphatic rings. The van der Waals surface area contributed by atoms with Crippen LogP contribution in [0.25, 0.3) is 6.08 Å². The molecule has 4 nitrogen and oxygen atoms in total. The topological polar surface area (TPSA) is 41.9 Å². The van der Waals surface area contributed by atoms with E-state index in [-0.39, 0.29) is 5.91 Å². The number of amidine groups is 1. The molecule has 0 N–H and O–H groups in total. The molecule has 0 bridgehead atoms. The van der Waals surface area contributed by atoms with E-state index in [9.17, 15) is 4.79 Å². The van der Waals surface area contributed by atoms with Crippen molar-refractivity contribution in [3.63, 3.8) is 0 Å². The Bertz CT molecular complexity index is 641. The van der Waals surface area contributed by atoms with E-state index >= 15 is 0 Å². The molecule has 1 aromatic rings. The normalized spacial score (nSPS) is 21.0. The van der Waals surface area contributed by atoms with Gasteiger partial charge in [-0.1, -0.05) is 42.0 Å². The number of hydrogen-bond acceptors (Lipinski definition) is 4. The van der Waals surface area contributed by atoms with E-state index in [0.717, 1.165) is 23.8 Å². The van der Waals surface area contributed by atoms with Crippen LogP contribution in [0.4, 0.5) is 0 Å². The van der Waals surface area contributed by atoms with Gasteiger partial charge < -0.3 is 9.64 Å². The van der Waals surface area contributed by atoms with Crippen LogP contribution in [0.1, 0.15) is 11.1 Å². The first kappa shape index (κ1) is 15.1. The maximum atomic E-state index is 11.9. The fourth-order valence-corrected chi connectivity index (χ4v) is 3.14. The summed E-state index contributed by atoms with van der Waals surface area (Å²) >= 11 is 1.44. The predicted octanol–water partition coefficient (Wildman–Crippen LogP) is 2.85. The number of morpholine rings is 1. The van der Waals surface area contributed by atoms with Gasteiger partial charge in [0.15, 0.2) is 5.17 Å². The van der Waals surface area contributed by atoms with Gasteiger partial charge in [-0.05, 0) is 30.3 Å². The number of amides is 1. The van der Waals surface area contributed by atoms with E-state index in [1.807, 2.05) is 18.2 Å². The van der Waals surface area contributed by atoms with E-state index in [4.69, 9.17) is 4.74 Å². The molecular weight excluding hydrogens is 296 g/mol. The van der Waals surface area contributed by atoms with Crippen LogP contribution in [0.3, 0.4) is 0 Å². The number of aliphatic imine (C=N–C) groups is 1. The van der Waals surface area contributed by atoms with Crippen LogP contribution in [0.2, 0.25) is 0 Å². The van der Waals surface area contributed by atoms with Gasteiger partial charge in [0.2, 0.25) is 0 Å². The third-order valence-electron chi connectivity index (χ3n) is 3.50. The molecule has 2 aliphatic heterocycles. The highest BCUT2D eigenvalue weighted by molar-refractivity contribution is 8.18. The third-order valence-corrected chi connectivity index (χ3v) is 4.57. The number of hydrogen-bond donors (Lipinski definition) is 0. The SMILES string of the molecule is Cc1ccc(/C=C/C=C2/SC(N3CCOCC3)=NC2=O)cc1. The van der Waals surface area contributed by atoms with Crippen molar-refractivity contribution in [3.05, 3.63) is 52.4 Å². The molecule has 0 aromatic heterocycles. The number of carbonyl (C=O) groups is 1. The minimum absolute atomic E-state index is 0.153. The van der Waals surface area contributed by atoms with Crippen molar-refractivity contribution in [1.82, 2.24) is 4.90 Å². The van der Waals surface area contributed by atoms with Gasteiger partial charge in [-0.2, -0.15) is 4.99 Å². The first-order chi connectivity index (χ1) is 10.7. The molecular formula is C17H18N2O2S. The number of carbonyl (C=O) groups excluding carboxylic acids is 1. The molecule has 22 heavy (non-hydrogen) atoms. The first-order valence-corrected chi connectivity index (χ1v) is 8.12. The Balaban J connectivity index is 1.63. The molecule has 114 valence electrons. The minimum atomic E-state index is -0.153. The summed E-state index contributed by atoms with van der Waals surface area (Å²) in [6, 6.07) is 8.26. The lowest BCUT2D eigenvalue weighted by Crippen LogP contribution is -2.38. The lowest BCUT2D eigenvalue weighted by molar-refractivity contribution is -0.113. The van der Waals surface area contributed by atoms with Crippen LogP contribution in [0, 0.1) is 6.92 Å². The van der Waals surface area contributed by atoms with Crippen molar-refractivity contribution in [2.45, 2.75) is 6.92 Å². The lowest BCUT2D eigenvalue weighted by atomic mass is 10.1. The van der Waals surface area contributed by atoms with Crippen molar-refractivity contribution >= 4 is 28.9 Å². The maximum Gasteiger partial charge on any atom is 0.286 e. The molecule has 0 aliphatic carbocycles. The molecule has 1 saturated heterocycles. The minimum Gasteiger partial charge on any atom is -0.378 e. The van der Waals surface area contributed by atoms with E-state index < -0.39 is 0 Å². The third kappa shape index (κ3) is 3.67. The largest absolute Gasteiger partial charge is 0.378 e. The van der Waals surface area contributed by atoms with Gasteiger partial charge >= 0.3 is 0 Å². The zero-order valence-corrected chi connectivity index (χ0v) is 13.3.